The minimum absolute atomic E-state index is 0.138. The highest BCUT2D eigenvalue weighted by molar-refractivity contribution is 6.30. The molecule has 2 atom stereocenters. The quantitative estimate of drug-likeness (QED) is 0.162. The Labute approximate surface area is 260 Å². The second kappa shape index (κ2) is 10.4. The van der Waals surface area contributed by atoms with E-state index in [4.69, 9.17) is 11.6 Å². The van der Waals surface area contributed by atoms with Gasteiger partial charge in [0.25, 0.3) is 0 Å². The van der Waals surface area contributed by atoms with Crippen molar-refractivity contribution in [1.82, 2.24) is 0 Å². The normalized spacial score (nSPS) is 18.8. The zero-order valence-electron chi connectivity index (χ0n) is 23.9. The first-order chi connectivity index (χ1) is 21.2. The third-order valence-electron chi connectivity index (χ3n) is 8.73. The summed E-state index contributed by atoms with van der Waals surface area (Å²) in [6.07, 6.45) is 0. The second-order valence-corrected chi connectivity index (χ2v) is 11.8. The fraction of sp³-hybridized carbons (Fsp3) is 0.0769. The van der Waals surface area contributed by atoms with Crippen LogP contribution in [0, 0.1) is 6.92 Å². The van der Waals surface area contributed by atoms with Gasteiger partial charge in [0.2, 0.25) is 0 Å². The smallest absolute Gasteiger partial charge is 0.141 e. The molecule has 4 nitrogen and oxygen atoms in total. The summed E-state index contributed by atoms with van der Waals surface area (Å²) in [7, 11) is 0. The first kappa shape index (κ1) is 27.9. The van der Waals surface area contributed by atoms with Crippen molar-refractivity contribution in [3.8, 4) is 33.8 Å². The van der Waals surface area contributed by atoms with Crippen molar-refractivity contribution in [3.05, 3.63) is 177 Å². The predicted molar refractivity (Wildman–Crippen MR) is 174 cm³/mol. The lowest BCUT2D eigenvalue weighted by Gasteiger charge is -2.26. The third-order valence-corrected chi connectivity index (χ3v) is 8.98. The summed E-state index contributed by atoms with van der Waals surface area (Å²) in [4.78, 5) is 0. The minimum Gasteiger partial charge on any atom is -0.508 e. The SMILES string of the molecule is Cc1ccc(C2(O)c3ccccc3-c3ccc(O)cc32)cc1.Oc1ccc2c(c1)C(O)(c1ccc(Cl)cc1)c1ccccc1-2. The van der Waals surface area contributed by atoms with E-state index >= 15 is 0 Å². The van der Waals surface area contributed by atoms with Crippen molar-refractivity contribution >= 4 is 11.6 Å². The molecule has 4 N–H and O–H groups in total. The van der Waals surface area contributed by atoms with Gasteiger partial charge < -0.3 is 20.4 Å². The van der Waals surface area contributed by atoms with E-state index in [1.54, 1.807) is 36.4 Å². The molecule has 6 aromatic rings. The first-order valence-electron chi connectivity index (χ1n) is 14.4. The van der Waals surface area contributed by atoms with E-state index in [1.807, 2.05) is 104 Å². The average molecular weight is 597 g/mol. The standard InChI is InChI=1S/C20H16O2.C19H13ClO2/c1-13-6-8-14(9-7-13)20(22)18-5-3-2-4-16(18)17-11-10-15(21)12-19(17)20;20-13-7-5-12(6-8-13)19(22)17-4-2-1-3-15(17)16-10-9-14(21)11-18(16)19/h2-12,21-22H,1H3;1-11,21-22H. The topological polar surface area (TPSA) is 80.9 Å². The molecule has 0 spiro atoms. The Morgan fingerprint density at radius 1 is 0.455 bits per heavy atom. The number of hydrogen-bond donors (Lipinski definition) is 4. The summed E-state index contributed by atoms with van der Waals surface area (Å²) in [6, 6.07) is 41.0. The Bertz CT molecular complexity index is 1890. The zero-order valence-corrected chi connectivity index (χ0v) is 24.6. The van der Waals surface area contributed by atoms with E-state index in [-0.39, 0.29) is 11.5 Å². The largest absolute Gasteiger partial charge is 0.508 e. The lowest BCUT2D eigenvalue weighted by Crippen LogP contribution is -2.26. The maximum atomic E-state index is 11.6. The van der Waals surface area contributed by atoms with Crippen LogP contribution in [0.1, 0.15) is 38.9 Å². The molecule has 0 saturated carbocycles. The molecular weight excluding hydrogens is 568 g/mol. The van der Waals surface area contributed by atoms with E-state index in [0.717, 1.165) is 55.6 Å². The Hall–Kier alpha value is -4.87. The summed E-state index contributed by atoms with van der Waals surface area (Å²) < 4.78 is 0. The van der Waals surface area contributed by atoms with Crippen molar-refractivity contribution in [3.63, 3.8) is 0 Å². The molecule has 5 heteroatoms. The second-order valence-electron chi connectivity index (χ2n) is 11.3. The average Bonchev–Trinajstić information content (AvgIpc) is 3.44. The molecule has 8 rings (SSSR count). The molecular formula is C39H29ClO4. The Kier molecular flexibility index (Phi) is 6.60. The molecule has 216 valence electrons. The summed E-state index contributed by atoms with van der Waals surface area (Å²) in [5, 5.41) is 43.5. The van der Waals surface area contributed by atoms with E-state index in [2.05, 4.69) is 0 Å². The van der Waals surface area contributed by atoms with Crippen molar-refractivity contribution < 1.29 is 20.4 Å². The van der Waals surface area contributed by atoms with Crippen LogP contribution in [-0.2, 0) is 11.2 Å². The molecule has 0 aromatic heterocycles. The number of halogens is 1. The fourth-order valence-electron chi connectivity index (χ4n) is 6.60. The molecule has 0 bridgehead atoms. The van der Waals surface area contributed by atoms with E-state index in [0.29, 0.717) is 10.6 Å². The summed E-state index contributed by atoms with van der Waals surface area (Å²) in [5.74, 6) is 0.302. The van der Waals surface area contributed by atoms with E-state index in [9.17, 15) is 20.4 Å². The molecule has 44 heavy (non-hydrogen) atoms. The van der Waals surface area contributed by atoms with Crippen LogP contribution >= 0.6 is 11.6 Å². The van der Waals surface area contributed by atoms with Gasteiger partial charge in [-0.3, -0.25) is 0 Å². The number of aromatic hydroxyl groups is 2. The molecule has 0 aliphatic heterocycles. The first-order valence-corrected chi connectivity index (χ1v) is 14.7. The third kappa shape index (κ3) is 4.22. The number of phenols is 2. The number of aliphatic hydroxyl groups is 2. The van der Waals surface area contributed by atoms with Crippen molar-refractivity contribution in [2.45, 2.75) is 18.1 Å². The van der Waals surface area contributed by atoms with Crippen LogP contribution in [-0.4, -0.2) is 20.4 Å². The highest BCUT2D eigenvalue weighted by atomic mass is 35.5. The highest BCUT2D eigenvalue weighted by Crippen LogP contribution is 2.53. The van der Waals surface area contributed by atoms with Crippen LogP contribution in [0.5, 0.6) is 11.5 Å². The number of aryl methyl sites for hydroxylation is 1. The van der Waals surface area contributed by atoms with Gasteiger partial charge in [-0.2, -0.15) is 0 Å². The lowest BCUT2D eigenvalue weighted by molar-refractivity contribution is 0.130. The number of phenolic OH excluding ortho intramolecular Hbond substituents is 2. The van der Waals surface area contributed by atoms with Gasteiger partial charge in [0.15, 0.2) is 0 Å². The molecule has 2 aliphatic carbocycles. The number of hydrogen-bond acceptors (Lipinski definition) is 4. The van der Waals surface area contributed by atoms with Crippen molar-refractivity contribution in [2.24, 2.45) is 0 Å². The van der Waals surface area contributed by atoms with Gasteiger partial charge >= 0.3 is 0 Å². The zero-order chi connectivity index (χ0) is 30.6. The van der Waals surface area contributed by atoms with Crippen LogP contribution < -0.4 is 0 Å². The monoisotopic (exact) mass is 596 g/mol. The lowest BCUT2D eigenvalue weighted by atomic mass is 9.84. The van der Waals surface area contributed by atoms with Crippen LogP contribution in [0.4, 0.5) is 0 Å². The maximum Gasteiger partial charge on any atom is 0.141 e. The van der Waals surface area contributed by atoms with Gasteiger partial charge in [0, 0.05) is 27.3 Å². The van der Waals surface area contributed by atoms with E-state index in [1.165, 1.54) is 0 Å². The van der Waals surface area contributed by atoms with Gasteiger partial charge in [0.1, 0.15) is 22.7 Å². The molecule has 0 saturated heterocycles. The highest BCUT2D eigenvalue weighted by Gasteiger charge is 2.44. The Morgan fingerprint density at radius 3 is 1.30 bits per heavy atom. The fourth-order valence-corrected chi connectivity index (χ4v) is 6.72. The summed E-state index contributed by atoms with van der Waals surface area (Å²) in [5.41, 5.74) is 7.19. The number of fused-ring (bicyclic) bond motifs is 6. The Morgan fingerprint density at radius 2 is 0.841 bits per heavy atom. The van der Waals surface area contributed by atoms with Gasteiger partial charge in [0.05, 0.1) is 0 Å². The number of rotatable bonds is 2. The molecule has 0 radical (unpaired) electrons. The summed E-state index contributed by atoms with van der Waals surface area (Å²) in [6.45, 7) is 2.02. The molecule has 0 heterocycles. The Balaban J connectivity index is 0.000000142. The van der Waals surface area contributed by atoms with Crippen LogP contribution in [0.3, 0.4) is 0 Å². The minimum atomic E-state index is -1.28. The van der Waals surface area contributed by atoms with Gasteiger partial charge in [-0.15, -0.1) is 0 Å². The molecule has 0 amide bonds. The molecule has 6 aromatic carbocycles. The molecule has 2 aliphatic rings. The molecule has 0 fully saturated rings. The predicted octanol–water partition coefficient (Wildman–Crippen LogP) is 8.28. The number of benzene rings is 6. The van der Waals surface area contributed by atoms with Crippen molar-refractivity contribution in [2.75, 3.05) is 0 Å². The van der Waals surface area contributed by atoms with Crippen molar-refractivity contribution in [1.29, 1.82) is 0 Å². The van der Waals surface area contributed by atoms with Gasteiger partial charge in [-0.05, 0) is 76.7 Å². The molecule has 2 unspecified atom stereocenters. The van der Waals surface area contributed by atoms with Gasteiger partial charge in [-0.1, -0.05) is 114 Å². The maximum absolute atomic E-state index is 11.6. The van der Waals surface area contributed by atoms with Crippen LogP contribution in [0.25, 0.3) is 22.3 Å². The van der Waals surface area contributed by atoms with E-state index < -0.39 is 11.2 Å². The van der Waals surface area contributed by atoms with Crippen LogP contribution in [0.2, 0.25) is 5.02 Å². The van der Waals surface area contributed by atoms with Gasteiger partial charge in [-0.25, -0.2) is 0 Å². The summed E-state index contributed by atoms with van der Waals surface area (Å²) >= 11 is 5.97. The van der Waals surface area contributed by atoms with Crippen LogP contribution in [0.15, 0.2) is 133 Å².